The number of anilines is 1. The standard InChI is InChI=1S/C16H15ClN2O5S/c1-18-25(21,22)11-4-2-10(3-5-11)16(20)19-13-9-15-14(8-12(13)17)23-6-7-24-15/h2-5,8-9,18H,6-7H2,1H3,(H,19,20). The highest BCUT2D eigenvalue weighted by molar-refractivity contribution is 7.89. The first-order chi connectivity index (χ1) is 11.9. The van der Waals surface area contributed by atoms with Gasteiger partial charge in [0.1, 0.15) is 13.2 Å². The Balaban J connectivity index is 1.81. The molecule has 0 spiro atoms. The molecule has 25 heavy (non-hydrogen) atoms. The highest BCUT2D eigenvalue weighted by Gasteiger charge is 2.17. The third kappa shape index (κ3) is 3.71. The number of sulfonamides is 1. The first-order valence-corrected chi connectivity index (χ1v) is 9.21. The molecular weight excluding hydrogens is 368 g/mol. The number of rotatable bonds is 4. The van der Waals surface area contributed by atoms with E-state index in [1.807, 2.05) is 0 Å². The van der Waals surface area contributed by atoms with E-state index < -0.39 is 15.9 Å². The van der Waals surface area contributed by atoms with Gasteiger partial charge in [0.25, 0.3) is 5.91 Å². The minimum atomic E-state index is -3.55. The first-order valence-electron chi connectivity index (χ1n) is 7.35. The van der Waals surface area contributed by atoms with Crippen molar-refractivity contribution in [1.29, 1.82) is 0 Å². The van der Waals surface area contributed by atoms with Gasteiger partial charge in [-0.25, -0.2) is 13.1 Å². The zero-order valence-corrected chi connectivity index (χ0v) is 14.8. The van der Waals surface area contributed by atoms with Gasteiger partial charge in [0, 0.05) is 17.7 Å². The van der Waals surface area contributed by atoms with E-state index in [9.17, 15) is 13.2 Å². The Kier molecular flexibility index (Phi) is 4.85. The van der Waals surface area contributed by atoms with Gasteiger partial charge >= 0.3 is 0 Å². The summed E-state index contributed by atoms with van der Waals surface area (Å²) < 4.78 is 36.5. The molecule has 0 atom stereocenters. The van der Waals surface area contributed by atoms with E-state index in [1.165, 1.54) is 31.3 Å². The maximum absolute atomic E-state index is 12.4. The van der Waals surface area contributed by atoms with Gasteiger partial charge in [-0.05, 0) is 31.3 Å². The molecule has 0 bridgehead atoms. The lowest BCUT2D eigenvalue weighted by atomic mass is 10.2. The zero-order chi connectivity index (χ0) is 18.0. The minimum absolute atomic E-state index is 0.0731. The van der Waals surface area contributed by atoms with Crippen LogP contribution in [0.2, 0.25) is 5.02 Å². The summed E-state index contributed by atoms with van der Waals surface area (Å²) in [4.78, 5) is 12.4. The summed E-state index contributed by atoms with van der Waals surface area (Å²) in [5, 5.41) is 2.99. The average molecular weight is 383 g/mol. The van der Waals surface area contributed by atoms with Crippen molar-refractivity contribution in [3.63, 3.8) is 0 Å². The molecule has 7 nitrogen and oxygen atoms in total. The maximum Gasteiger partial charge on any atom is 0.255 e. The molecule has 1 heterocycles. The van der Waals surface area contributed by atoms with Crippen LogP contribution in [0.25, 0.3) is 0 Å². The lowest BCUT2D eigenvalue weighted by Crippen LogP contribution is -2.19. The Hall–Kier alpha value is -2.29. The first kappa shape index (κ1) is 17.5. The molecule has 1 aliphatic rings. The van der Waals surface area contributed by atoms with Gasteiger partial charge in [-0.2, -0.15) is 0 Å². The summed E-state index contributed by atoms with van der Waals surface area (Å²) >= 11 is 6.16. The largest absolute Gasteiger partial charge is 0.486 e. The summed E-state index contributed by atoms with van der Waals surface area (Å²) in [5.41, 5.74) is 0.670. The lowest BCUT2D eigenvalue weighted by molar-refractivity contribution is 0.102. The number of benzene rings is 2. The second kappa shape index (κ2) is 6.91. The molecule has 9 heteroatoms. The molecule has 0 fully saturated rings. The summed E-state index contributed by atoms with van der Waals surface area (Å²) in [7, 11) is -2.23. The monoisotopic (exact) mass is 382 g/mol. The maximum atomic E-state index is 12.4. The number of hydrogen-bond donors (Lipinski definition) is 2. The van der Waals surface area contributed by atoms with Crippen molar-refractivity contribution < 1.29 is 22.7 Å². The molecule has 1 amide bonds. The van der Waals surface area contributed by atoms with E-state index in [-0.39, 0.29) is 4.90 Å². The van der Waals surface area contributed by atoms with Gasteiger partial charge in [-0.1, -0.05) is 11.6 Å². The Bertz CT molecular complexity index is 913. The summed E-state index contributed by atoms with van der Waals surface area (Å²) in [6, 6.07) is 8.72. The number of amides is 1. The zero-order valence-electron chi connectivity index (χ0n) is 13.2. The van der Waals surface area contributed by atoms with Crippen molar-refractivity contribution in [2.45, 2.75) is 4.90 Å². The molecule has 2 N–H and O–H groups in total. The van der Waals surface area contributed by atoms with Crippen LogP contribution in [0, 0.1) is 0 Å². The summed E-state index contributed by atoms with van der Waals surface area (Å²) in [5.74, 6) is 0.601. The predicted octanol–water partition coefficient (Wildman–Crippen LogP) is 2.27. The van der Waals surface area contributed by atoms with Crippen molar-refractivity contribution in [1.82, 2.24) is 4.72 Å². The Morgan fingerprint density at radius 1 is 1.08 bits per heavy atom. The molecule has 0 saturated carbocycles. The quantitative estimate of drug-likeness (QED) is 0.846. The number of halogens is 1. The van der Waals surface area contributed by atoms with E-state index in [0.717, 1.165) is 0 Å². The highest BCUT2D eigenvalue weighted by Crippen LogP contribution is 2.38. The molecular formula is C16H15ClN2O5S. The third-order valence-electron chi connectivity index (χ3n) is 3.58. The second-order valence-electron chi connectivity index (χ2n) is 5.16. The van der Waals surface area contributed by atoms with Crippen molar-refractivity contribution in [3.8, 4) is 11.5 Å². The van der Waals surface area contributed by atoms with Crippen molar-refractivity contribution >= 4 is 33.2 Å². The van der Waals surface area contributed by atoms with Gasteiger partial charge in [0.05, 0.1) is 15.6 Å². The van der Waals surface area contributed by atoms with E-state index in [0.29, 0.717) is 41.0 Å². The van der Waals surface area contributed by atoms with E-state index >= 15 is 0 Å². The Labute approximate surface area is 149 Å². The Morgan fingerprint density at radius 2 is 1.68 bits per heavy atom. The predicted molar refractivity (Wildman–Crippen MR) is 93.1 cm³/mol. The Morgan fingerprint density at radius 3 is 2.28 bits per heavy atom. The number of hydrogen-bond acceptors (Lipinski definition) is 5. The third-order valence-corrected chi connectivity index (χ3v) is 5.32. The minimum Gasteiger partial charge on any atom is -0.486 e. The molecule has 0 radical (unpaired) electrons. The van der Waals surface area contributed by atoms with Crippen LogP contribution in [0.1, 0.15) is 10.4 Å². The van der Waals surface area contributed by atoms with Gasteiger partial charge in [-0.3, -0.25) is 4.79 Å². The molecule has 3 rings (SSSR count). The second-order valence-corrected chi connectivity index (χ2v) is 7.46. The van der Waals surface area contributed by atoms with E-state index in [1.54, 1.807) is 12.1 Å². The van der Waals surface area contributed by atoms with Crippen LogP contribution in [0.5, 0.6) is 11.5 Å². The van der Waals surface area contributed by atoms with Crippen LogP contribution in [0.4, 0.5) is 5.69 Å². The highest BCUT2D eigenvalue weighted by atomic mass is 35.5. The van der Waals surface area contributed by atoms with Crippen LogP contribution >= 0.6 is 11.6 Å². The van der Waals surface area contributed by atoms with Crippen LogP contribution in [-0.4, -0.2) is 34.6 Å². The van der Waals surface area contributed by atoms with Crippen LogP contribution < -0.4 is 19.5 Å². The normalized spacial score (nSPS) is 13.4. The molecule has 2 aromatic carbocycles. The number of carbonyl (C=O) groups is 1. The van der Waals surface area contributed by atoms with Crippen LogP contribution in [-0.2, 0) is 10.0 Å². The van der Waals surface area contributed by atoms with Crippen molar-refractivity contribution in [3.05, 3.63) is 47.0 Å². The van der Waals surface area contributed by atoms with Gasteiger partial charge in [0.15, 0.2) is 11.5 Å². The number of carbonyl (C=O) groups excluding carboxylic acids is 1. The van der Waals surface area contributed by atoms with Gasteiger partial charge in [-0.15, -0.1) is 0 Å². The van der Waals surface area contributed by atoms with Crippen molar-refractivity contribution in [2.24, 2.45) is 0 Å². The fourth-order valence-corrected chi connectivity index (χ4v) is 3.19. The van der Waals surface area contributed by atoms with E-state index in [4.69, 9.17) is 21.1 Å². The number of fused-ring (bicyclic) bond motifs is 1. The molecule has 2 aromatic rings. The number of ether oxygens (including phenoxy) is 2. The molecule has 0 unspecified atom stereocenters. The fraction of sp³-hybridized carbons (Fsp3) is 0.188. The molecule has 0 aromatic heterocycles. The molecule has 1 aliphatic heterocycles. The van der Waals surface area contributed by atoms with Crippen LogP contribution in [0.3, 0.4) is 0 Å². The molecule has 0 aliphatic carbocycles. The van der Waals surface area contributed by atoms with Crippen LogP contribution in [0.15, 0.2) is 41.3 Å². The fourth-order valence-electron chi connectivity index (χ4n) is 2.26. The van der Waals surface area contributed by atoms with Gasteiger partial charge < -0.3 is 14.8 Å². The number of nitrogens with one attached hydrogen (secondary N) is 2. The summed E-state index contributed by atoms with van der Waals surface area (Å²) in [6.45, 7) is 0.861. The topological polar surface area (TPSA) is 93.7 Å². The smallest absolute Gasteiger partial charge is 0.255 e. The summed E-state index contributed by atoms with van der Waals surface area (Å²) in [6.07, 6.45) is 0. The van der Waals surface area contributed by atoms with Crippen molar-refractivity contribution in [2.75, 3.05) is 25.6 Å². The SMILES string of the molecule is CNS(=O)(=O)c1ccc(C(=O)Nc2cc3c(cc2Cl)OCCO3)cc1. The molecule has 0 saturated heterocycles. The molecule has 132 valence electrons. The average Bonchev–Trinajstić information content (AvgIpc) is 2.62. The van der Waals surface area contributed by atoms with E-state index in [2.05, 4.69) is 10.0 Å². The van der Waals surface area contributed by atoms with Gasteiger partial charge in [0.2, 0.25) is 10.0 Å². The lowest BCUT2D eigenvalue weighted by Gasteiger charge is -2.20.